The van der Waals surface area contributed by atoms with Crippen LogP contribution in [-0.2, 0) is 14.9 Å². The molecule has 3 heterocycles. The van der Waals surface area contributed by atoms with Crippen LogP contribution in [0.4, 0.5) is 10.5 Å². The Kier molecular flexibility index (Phi) is 5.79. The monoisotopic (exact) mass is 510 g/mol. The molecule has 0 saturated heterocycles. The lowest BCUT2D eigenvalue weighted by Gasteiger charge is -2.15. The van der Waals surface area contributed by atoms with Gasteiger partial charge in [-0.3, -0.25) is 10.1 Å². The number of hydrogen-bond acceptors (Lipinski definition) is 7. The minimum atomic E-state index is -0.938. The van der Waals surface area contributed by atoms with E-state index in [2.05, 4.69) is 21.5 Å². The fraction of sp³-hybridized carbons (Fsp3) is 0.240. The molecule has 35 heavy (non-hydrogen) atoms. The number of fused-ring (bicyclic) bond motifs is 1. The molecule has 8 nitrogen and oxygen atoms in total. The van der Waals surface area contributed by atoms with Crippen LogP contribution in [0.15, 0.2) is 45.2 Å². The summed E-state index contributed by atoms with van der Waals surface area (Å²) in [5.41, 5.74) is 0.814. The number of hydrogen-bond donors (Lipinski definition) is 2. The molecule has 10 heteroatoms. The largest absolute Gasteiger partial charge is 0.480 e. The summed E-state index contributed by atoms with van der Waals surface area (Å²) in [5.74, 6) is 5.94. The molecule has 1 aliphatic rings. The maximum atomic E-state index is 12.5. The molecule has 1 saturated carbocycles. The lowest BCUT2D eigenvalue weighted by atomic mass is 10.0. The lowest BCUT2D eigenvalue weighted by molar-refractivity contribution is -0.140. The zero-order valence-corrected chi connectivity index (χ0v) is 20.2. The number of aliphatic carboxylic acids is 1. The molecule has 3 aromatic heterocycles. The minimum Gasteiger partial charge on any atom is -0.480 e. The molecule has 0 spiro atoms. The number of halogens is 1. The normalized spacial score (nSPS) is 14.7. The average Bonchev–Trinajstić information content (AvgIpc) is 3.25. The third kappa shape index (κ3) is 4.38. The number of benzene rings is 1. The van der Waals surface area contributed by atoms with Gasteiger partial charge in [-0.15, -0.1) is 0 Å². The number of ether oxygens (including phenoxy) is 1. The summed E-state index contributed by atoms with van der Waals surface area (Å²) in [6, 6.07) is 10.5. The standard InChI is InChI=1S/C25H19ClN2O6S/c1-13-21(27-24(31)32-14(2)17-5-3-4-6-18(17)26)19(35-28-13)8-7-16-11-15-12-20(34-22(15)33-16)25(9-10-25)23(29)30/h3-6,11-12,14H,9-10H2,1-2H3,(H,27,31)(H,29,30). The molecule has 1 fully saturated rings. The Morgan fingerprint density at radius 1 is 1.26 bits per heavy atom. The Labute approximate surface area is 209 Å². The van der Waals surface area contributed by atoms with Crippen molar-refractivity contribution in [3.8, 4) is 11.8 Å². The van der Waals surface area contributed by atoms with E-state index in [-0.39, 0.29) is 5.78 Å². The van der Waals surface area contributed by atoms with Crippen molar-refractivity contribution in [1.82, 2.24) is 4.37 Å². The van der Waals surface area contributed by atoms with Crippen molar-refractivity contribution in [2.24, 2.45) is 0 Å². The highest BCUT2D eigenvalue weighted by Crippen LogP contribution is 2.50. The number of aromatic nitrogens is 1. The summed E-state index contributed by atoms with van der Waals surface area (Å²) < 4.78 is 21.0. The van der Waals surface area contributed by atoms with Crippen LogP contribution in [0.25, 0.3) is 11.2 Å². The zero-order valence-electron chi connectivity index (χ0n) is 18.7. The van der Waals surface area contributed by atoms with Crippen LogP contribution in [0, 0.1) is 18.8 Å². The third-order valence-electron chi connectivity index (χ3n) is 5.86. The van der Waals surface area contributed by atoms with Crippen molar-refractivity contribution in [1.29, 1.82) is 0 Å². The van der Waals surface area contributed by atoms with E-state index in [1.165, 1.54) is 0 Å². The van der Waals surface area contributed by atoms with E-state index >= 15 is 0 Å². The van der Waals surface area contributed by atoms with Gasteiger partial charge in [-0.2, -0.15) is 4.37 Å². The van der Waals surface area contributed by atoms with E-state index in [0.29, 0.717) is 56.6 Å². The maximum Gasteiger partial charge on any atom is 0.412 e. The highest BCUT2D eigenvalue weighted by Gasteiger charge is 2.54. The van der Waals surface area contributed by atoms with Crippen LogP contribution in [0.2, 0.25) is 5.02 Å². The van der Waals surface area contributed by atoms with Crippen molar-refractivity contribution < 1.29 is 28.3 Å². The quantitative estimate of drug-likeness (QED) is 0.304. The van der Waals surface area contributed by atoms with Crippen LogP contribution < -0.4 is 5.32 Å². The molecule has 1 unspecified atom stereocenters. The molecular weight excluding hydrogens is 492 g/mol. The number of carbonyl (C=O) groups is 2. The Balaban J connectivity index is 1.30. The van der Waals surface area contributed by atoms with Crippen molar-refractivity contribution >= 4 is 52.0 Å². The van der Waals surface area contributed by atoms with Crippen LogP contribution in [-0.4, -0.2) is 21.5 Å². The number of nitrogens with zero attached hydrogens (tertiary/aromatic N) is 1. The Morgan fingerprint density at radius 2 is 2.03 bits per heavy atom. The second-order valence-electron chi connectivity index (χ2n) is 8.27. The van der Waals surface area contributed by atoms with Gasteiger partial charge in [0.25, 0.3) is 5.78 Å². The molecule has 0 aliphatic heterocycles. The maximum absolute atomic E-state index is 12.5. The Hall–Kier alpha value is -3.74. The minimum absolute atomic E-state index is 0.229. The molecule has 4 aromatic rings. The van der Waals surface area contributed by atoms with Crippen LogP contribution in [0.5, 0.6) is 0 Å². The van der Waals surface area contributed by atoms with Crippen molar-refractivity contribution in [2.75, 3.05) is 5.32 Å². The van der Waals surface area contributed by atoms with Gasteiger partial charge < -0.3 is 18.7 Å². The van der Waals surface area contributed by atoms with Crippen LogP contribution in [0.1, 0.15) is 53.5 Å². The molecule has 1 atom stereocenters. The van der Waals surface area contributed by atoms with E-state index in [0.717, 1.165) is 11.5 Å². The molecule has 0 bridgehead atoms. The molecule has 5 rings (SSSR count). The fourth-order valence-corrected chi connectivity index (χ4v) is 4.70. The zero-order chi connectivity index (χ0) is 24.7. The van der Waals surface area contributed by atoms with E-state index in [1.807, 2.05) is 6.07 Å². The average molecular weight is 511 g/mol. The number of carboxylic acids is 1. The number of carboxylic acid groups (broad SMARTS) is 1. The molecule has 0 radical (unpaired) electrons. The van der Waals surface area contributed by atoms with Gasteiger partial charge in [-0.25, -0.2) is 4.79 Å². The first-order valence-electron chi connectivity index (χ1n) is 10.7. The third-order valence-corrected chi connectivity index (χ3v) is 7.06. The first kappa shape index (κ1) is 23.0. The summed E-state index contributed by atoms with van der Waals surface area (Å²) in [5, 5.41) is 13.3. The second kappa shape index (κ2) is 8.80. The summed E-state index contributed by atoms with van der Waals surface area (Å²) >= 11 is 7.32. The first-order chi connectivity index (χ1) is 16.8. The smallest absolute Gasteiger partial charge is 0.412 e. The van der Waals surface area contributed by atoms with E-state index in [1.54, 1.807) is 44.2 Å². The number of anilines is 1. The van der Waals surface area contributed by atoms with Gasteiger partial charge in [0, 0.05) is 16.7 Å². The number of carbonyl (C=O) groups excluding carboxylic acids is 1. The van der Waals surface area contributed by atoms with Gasteiger partial charge >= 0.3 is 12.1 Å². The summed E-state index contributed by atoms with van der Waals surface area (Å²) in [6.07, 6.45) is -0.111. The summed E-state index contributed by atoms with van der Waals surface area (Å²) in [6.45, 7) is 3.49. The molecular formula is C25H19ClN2O6S. The SMILES string of the molecule is Cc1nsc(C#Cc2cc3cc(C4(C(=O)O)CC4)oc3o2)c1NC(=O)OC(C)c1ccccc1Cl. The number of furan rings is 2. The predicted molar refractivity (Wildman–Crippen MR) is 130 cm³/mol. The van der Waals surface area contributed by atoms with E-state index in [4.69, 9.17) is 25.2 Å². The van der Waals surface area contributed by atoms with Gasteiger partial charge in [0.2, 0.25) is 0 Å². The van der Waals surface area contributed by atoms with Crippen molar-refractivity contribution in [3.05, 3.63) is 69.1 Å². The van der Waals surface area contributed by atoms with E-state index in [9.17, 15) is 14.7 Å². The molecule has 178 valence electrons. The lowest BCUT2D eigenvalue weighted by Crippen LogP contribution is -2.18. The first-order valence-corrected chi connectivity index (χ1v) is 11.9. The van der Waals surface area contributed by atoms with Crippen LogP contribution >= 0.6 is 23.1 Å². The molecule has 1 aliphatic carbocycles. The van der Waals surface area contributed by atoms with Gasteiger partial charge in [-0.05, 0) is 62.2 Å². The fourth-order valence-electron chi connectivity index (χ4n) is 3.71. The highest BCUT2D eigenvalue weighted by molar-refractivity contribution is 7.07. The number of aryl methyl sites for hydroxylation is 1. The van der Waals surface area contributed by atoms with Gasteiger partial charge in [0.05, 0.1) is 16.8 Å². The molecule has 2 N–H and O–H groups in total. The van der Waals surface area contributed by atoms with Gasteiger partial charge in [0.1, 0.15) is 22.2 Å². The Morgan fingerprint density at radius 3 is 2.71 bits per heavy atom. The topological polar surface area (TPSA) is 115 Å². The summed E-state index contributed by atoms with van der Waals surface area (Å²) in [4.78, 5) is 24.5. The van der Waals surface area contributed by atoms with Crippen molar-refractivity contribution in [3.63, 3.8) is 0 Å². The van der Waals surface area contributed by atoms with Gasteiger partial charge in [-0.1, -0.05) is 29.8 Å². The van der Waals surface area contributed by atoms with Gasteiger partial charge in [0.15, 0.2) is 5.76 Å². The van der Waals surface area contributed by atoms with Crippen molar-refractivity contribution in [2.45, 2.75) is 38.2 Å². The number of nitrogens with one attached hydrogen (secondary N) is 1. The van der Waals surface area contributed by atoms with Crippen LogP contribution in [0.3, 0.4) is 0 Å². The second-order valence-corrected chi connectivity index (χ2v) is 9.45. The molecule has 1 amide bonds. The van der Waals surface area contributed by atoms with E-state index < -0.39 is 23.6 Å². The number of amides is 1. The summed E-state index contributed by atoms with van der Waals surface area (Å²) in [7, 11) is 0. The number of rotatable bonds is 5. The Bertz CT molecular complexity index is 1490. The highest BCUT2D eigenvalue weighted by atomic mass is 35.5. The molecule has 1 aromatic carbocycles. The predicted octanol–water partition coefficient (Wildman–Crippen LogP) is 6.27.